The average molecular weight is 268 g/mol. The molecule has 1 aliphatic heterocycles. The van der Waals surface area contributed by atoms with Crippen LogP contribution in [0.5, 0.6) is 0 Å². The van der Waals surface area contributed by atoms with Crippen LogP contribution in [0.4, 0.5) is 0 Å². The fraction of sp³-hybridized carbons (Fsp3) is 0.824. The Balaban J connectivity index is 0.000000399. The maximum absolute atomic E-state index is 9.68. The zero-order valence-electron chi connectivity index (χ0n) is 13.0. The Kier molecular flexibility index (Phi) is 13.3. The van der Waals surface area contributed by atoms with Crippen molar-refractivity contribution in [3.63, 3.8) is 0 Å². The van der Waals surface area contributed by atoms with Gasteiger partial charge in [0.1, 0.15) is 6.29 Å². The lowest BCUT2D eigenvalue weighted by molar-refractivity contribution is -0.107. The number of ether oxygens (including phenoxy) is 1. The molecular weight excluding hydrogens is 236 g/mol. The number of carbonyl (C=O) groups is 1. The molecule has 0 spiro atoms. The van der Waals surface area contributed by atoms with Crippen molar-refractivity contribution in [2.75, 3.05) is 6.61 Å². The summed E-state index contributed by atoms with van der Waals surface area (Å²) >= 11 is 0. The van der Waals surface area contributed by atoms with Crippen molar-refractivity contribution in [1.29, 1.82) is 0 Å². The Hall–Kier alpha value is -0.630. The van der Waals surface area contributed by atoms with Crippen LogP contribution in [0.25, 0.3) is 0 Å². The van der Waals surface area contributed by atoms with E-state index in [0.29, 0.717) is 6.10 Å². The molecule has 0 amide bonds. The van der Waals surface area contributed by atoms with E-state index >= 15 is 0 Å². The molecule has 1 atom stereocenters. The summed E-state index contributed by atoms with van der Waals surface area (Å²) in [6.07, 6.45) is 13.0. The summed E-state index contributed by atoms with van der Waals surface area (Å²) in [6.45, 7) is 9.28. The number of unbranched alkanes of at least 4 members (excludes halogenated alkanes) is 5. The van der Waals surface area contributed by atoms with Gasteiger partial charge >= 0.3 is 0 Å². The van der Waals surface area contributed by atoms with Crippen LogP contribution in [0.1, 0.15) is 78.1 Å². The van der Waals surface area contributed by atoms with Crippen molar-refractivity contribution < 1.29 is 9.53 Å². The molecule has 0 radical (unpaired) electrons. The van der Waals surface area contributed by atoms with Crippen LogP contribution in [-0.4, -0.2) is 19.0 Å². The van der Waals surface area contributed by atoms with Gasteiger partial charge in [-0.25, -0.2) is 0 Å². The lowest BCUT2D eigenvalue weighted by Crippen LogP contribution is -2.20. The predicted molar refractivity (Wildman–Crippen MR) is 82.5 cm³/mol. The molecule has 19 heavy (non-hydrogen) atoms. The maximum Gasteiger partial charge on any atom is 0.119 e. The van der Waals surface area contributed by atoms with E-state index in [0.717, 1.165) is 38.6 Å². The van der Waals surface area contributed by atoms with Crippen LogP contribution in [0, 0.1) is 0 Å². The summed E-state index contributed by atoms with van der Waals surface area (Å²) in [6, 6.07) is 0. The van der Waals surface area contributed by atoms with Crippen molar-refractivity contribution in [3.05, 3.63) is 12.2 Å². The minimum atomic E-state index is 0.484. The van der Waals surface area contributed by atoms with Gasteiger partial charge < -0.3 is 9.53 Å². The SMILES string of the molecule is C=C1CCOC(CCCCC)C1.CCCCCC=O. The Morgan fingerprint density at radius 2 is 1.89 bits per heavy atom. The lowest BCUT2D eigenvalue weighted by atomic mass is 10.00. The van der Waals surface area contributed by atoms with Gasteiger partial charge in [-0.2, -0.15) is 0 Å². The summed E-state index contributed by atoms with van der Waals surface area (Å²) in [5.41, 5.74) is 1.38. The van der Waals surface area contributed by atoms with Crippen molar-refractivity contribution in [2.24, 2.45) is 0 Å². The van der Waals surface area contributed by atoms with Gasteiger partial charge in [0.05, 0.1) is 12.7 Å². The normalized spacial score (nSPS) is 18.6. The molecule has 1 unspecified atom stereocenters. The van der Waals surface area contributed by atoms with E-state index in [9.17, 15) is 4.79 Å². The second-order valence-corrected chi connectivity index (χ2v) is 5.36. The van der Waals surface area contributed by atoms with Gasteiger partial charge in [-0.3, -0.25) is 0 Å². The third kappa shape index (κ3) is 12.2. The fourth-order valence-electron chi connectivity index (χ4n) is 2.14. The van der Waals surface area contributed by atoms with E-state index in [1.807, 2.05) is 0 Å². The van der Waals surface area contributed by atoms with Crippen molar-refractivity contribution in [2.45, 2.75) is 84.2 Å². The van der Waals surface area contributed by atoms with Gasteiger partial charge in [0.2, 0.25) is 0 Å². The highest BCUT2D eigenvalue weighted by atomic mass is 16.5. The predicted octanol–water partition coefficient (Wildman–Crippen LogP) is 5.07. The molecule has 1 fully saturated rings. The van der Waals surface area contributed by atoms with Crippen LogP contribution in [-0.2, 0) is 9.53 Å². The van der Waals surface area contributed by atoms with Gasteiger partial charge in [0.15, 0.2) is 0 Å². The second kappa shape index (κ2) is 13.8. The maximum atomic E-state index is 9.68. The third-order valence-electron chi connectivity index (χ3n) is 3.38. The third-order valence-corrected chi connectivity index (χ3v) is 3.38. The average Bonchev–Trinajstić information content (AvgIpc) is 2.41. The van der Waals surface area contributed by atoms with E-state index in [4.69, 9.17) is 4.74 Å². The first-order valence-corrected chi connectivity index (χ1v) is 7.96. The quantitative estimate of drug-likeness (QED) is 0.349. The first kappa shape index (κ1) is 18.4. The largest absolute Gasteiger partial charge is 0.378 e. The lowest BCUT2D eigenvalue weighted by Gasteiger charge is -2.24. The molecule has 0 saturated carbocycles. The minimum Gasteiger partial charge on any atom is -0.378 e. The molecule has 112 valence electrons. The number of hydrogen-bond donors (Lipinski definition) is 0. The number of carbonyl (C=O) groups excluding carboxylic acids is 1. The molecule has 1 rings (SSSR count). The Morgan fingerprint density at radius 1 is 1.21 bits per heavy atom. The molecule has 1 saturated heterocycles. The zero-order chi connectivity index (χ0) is 14.3. The van der Waals surface area contributed by atoms with Crippen LogP contribution >= 0.6 is 0 Å². The molecule has 2 nitrogen and oxygen atoms in total. The number of rotatable bonds is 8. The van der Waals surface area contributed by atoms with Crippen molar-refractivity contribution in [1.82, 2.24) is 0 Å². The van der Waals surface area contributed by atoms with E-state index in [2.05, 4.69) is 20.4 Å². The first-order valence-electron chi connectivity index (χ1n) is 7.96. The Labute approximate surface area is 119 Å². The standard InChI is InChI=1S/C11H20O.C6H12O/c1-3-4-5-6-11-9-10(2)7-8-12-11;1-2-3-4-5-6-7/h11H,2-9H2,1H3;6H,2-5H2,1H3. The van der Waals surface area contributed by atoms with Crippen molar-refractivity contribution in [3.8, 4) is 0 Å². The highest BCUT2D eigenvalue weighted by Crippen LogP contribution is 2.21. The fourth-order valence-corrected chi connectivity index (χ4v) is 2.14. The van der Waals surface area contributed by atoms with Gasteiger partial charge in [-0.05, 0) is 25.7 Å². The van der Waals surface area contributed by atoms with E-state index in [1.54, 1.807) is 0 Å². The summed E-state index contributed by atoms with van der Waals surface area (Å²) in [5.74, 6) is 0. The van der Waals surface area contributed by atoms with E-state index < -0.39 is 0 Å². The Morgan fingerprint density at radius 3 is 2.47 bits per heavy atom. The van der Waals surface area contributed by atoms with Gasteiger partial charge in [-0.1, -0.05) is 58.1 Å². The summed E-state index contributed by atoms with van der Waals surface area (Å²) in [4.78, 5) is 9.68. The van der Waals surface area contributed by atoms with E-state index in [1.165, 1.54) is 44.1 Å². The topological polar surface area (TPSA) is 26.3 Å². The van der Waals surface area contributed by atoms with Crippen LogP contribution in [0.3, 0.4) is 0 Å². The highest BCUT2D eigenvalue weighted by Gasteiger charge is 2.15. The first-order chi connectivity index (χ1) is 9.24. The number of hydrogen-bond acceptors (Lipinski definition) is 2. The Bertz CT molecular complexity index is 223. The van der Waals surface area contributed by atoms with Crippen LogP contribution in [0.2, 0.25) is 0 Å². The minimum absolute atomic E-state index is 0.484. The zero-order valence-corrected chi connectivity index (χ0v) is 13.0. The summed E-state index contributed by atoms with van der Waals surface area (Å²) in [5, 5.41) is 0. The molecule has 1 heterocycles. The molecule has 0 N–H and O–H groups in total. The summed E-state index contributed by atoms with van der Waals surface area (Å²) in [7, 11) is 0. The molecule has 0 aromatic heterocycles. The monoisotopic (exact) mass is 268 g/mol. The molecule has 0 aliphatic carbocycles. The highest BCUT2D eigenvalue weighted by molar-refractivity contribution is 5.48. The molecule has 0 aromatic rings. The van der Waals surface area contributed by atoms with Crippen molar-refractivity contribution >= 4 is 6.29 Å². The second-order valence-electron chi connectivity index (χ2n) is 5.36. The van der Waals surface area contributed by atoms with Gasteiger partial charge in [-0.15, -0.1) is 0 Å². The molecule has 2 heteroatoms. The molecular formula is C17H32O2. The van der Waals surface area contributed by atoms with E-state index in [-0.39, 0.29) is 0 Å². The molecule has 1 aliphatic rings. The summed E-state index contributed by atoms with van der Waals surface area (Å²) < 4.78 is 5.63. The smallest absolute Gasteiger partial charge is 0.119 e. The number of aldehydes is 1. The van der Waals surface area contributed by atoms with Gasteiger partial charge in [0, 0.05) is 6.42 Å². The molecule has 0 bridgehead atoms. The van der Waals surface area contributed by atoms with Crippen LogP contribution < -0.4 is 0 Å². The molecule has 0 aromatic carbocycles. The van der Waals surface area contributed by atoms with Gasteiger partial charge in [0.25, 0.3) is 0 Å². The van der Waals surface area contributed by atoms with Crippen LogP contribution in [0.15, 0.2) is 12.2 Å².